The zero-order valence-corrected chi connectivity index (χ0v) is 21.9. The van der Waals surface area contributed by atoms with E-state index in [0.717, 1.165) is 28.6 Å². The van der Waals surface area contributed by atoms with Gasteiger partial charge < -0.3 is 14.8 Å². The van der Waals surface area contributed by atoms with Crippen LogP contribution >= 0.6 is 24.0 Å². The van der Waals surface area contributed by atoms with E-state index >= 15 is 0 Å². The number of amides is 1. The van der Waals surface area contributed by atoms with E-state index in [-0.39, 0.29) is 61.6 Å². The molecule has 0 radical (unpaired) electrons. The van der Waals surface area contributed by atoms with Crippen LogP contribution < -0.4 is 61.4 Å². The molecule has 2 fully saturated rings. The number of carboxylic acids is 1. The maximum atomic E-state index is 12.6. The average molecular weight is 475 g/mol. The number of nitrogens with zero attached hydrogens (tertiary/aromatic N) is 2. The van der Waals surface area contributed by atoms with E-state index in [1.165, 1.54) is 29.8 Å². The van der Waals surface area contributed by atoms with Gasteiger partial charge in [-0.05, 0) is 54.3 Å². The summed E-state index contributed by atoms with van der Waals surface area (Å²) < 4.78 is 0.253. The molecule has 0 spiro atoms. The van der Waals surface area contributed by atoms with Gasteiger partial charge >= 0.3 is 51.4 Å². The second kappa shape index (κ2) is 9.47. The van der Waals surface area contributed by atoms with E-state index < -0.39 is 12.5 Å². The van der Waals surface area contributed by atoms with Gasteiger partial charge in [-0.15, -0.1) is 0 Å². The fourth-order valence-corrected chi connectivity index (χ4v) is 6.06. The molecule has 5 nitrogen and oxygen atoms in total. The summed E-state index contributed by atoms with van der Waals surface area (Å²) >= 11 is 6.31. The third-order valence-electron chi connectivity index (χ3n) is 6.01. The minimum absolute atomic E-state index is 0. The van der Waals surface area contributed by atoms with Gasteiger partial charge in [0, 0.05) is 23.3 Å². The molecule has 3 aliphatic rings. The van der Waals surface area contributed by atoms with Gasteiger partial charge in [-0.3, -0.25) is 9.69 Å². The van der Waals surface area contributed by atoms with Crippen LogP contribution in [0.2, 0.25) is 0 Å². The Morgan fingerprint density at radius 1 is 1.19 bits per heavy atom. The molecule has 1 saturated carbocycles. The Bertz CT molecular complexity index is 1090. The van der Waals surface area contributed by atoms with Crippen LogP contribution in [0.15, 0.2) is 53.4 Å². The number of carboxylic acid groups (broad SMARTS) is 1. The van der Waals surface area contributed by atoms with Crippen LogP contribution in [0.3, 0.4) is 0 Å². The summed E-state index contributed by atoms with van der Waals surface area (Å²) in [5, 5.41) is 10.9. The quantitative estimate of drug-likeness (QED) is 0.364. The maximum Gasteiger partial charge on any atom is 1.00 e. The van der Waals surface area contributed by atoms with Crippen LogP contribution in [0.4, 0.5) is 11.4 Å². The Hall–Kier alpha value is -1.00. The summed E-state index contributed by atoms with van der Waals surface area (Å²) in [6.07, 6.45) is 5.36. The van der Waals surface area contributed by atoms with Gasteiger partial charge in [-0.1, -0.05) is 54.7 Å². The van der Waals surface area contributed by atoms with Crippen molar-refractivity contribution in [3.8, 4) is 0 Å². The number of carbonyl (C=O) groups is 2. The van der Waals surface area contributed by atoms with Gasteiger partial charge in [0.25, 0.3) is 5.91 Å². The van der Waals surface area contributed by atoms with E-state index in [9.17, 15) is 14.7 Å². The average Bonchev–Trinajstić information content (AvgIpc) is 3.38. The van der Waals surface area contributed by atoms with E-state index in [0.29, 0.717) is 16.9 Å². The molecule has 2 aromatic carbocycles. The zero-order valence-electron chi connectivity index (χ0n) is 17.1. The molecule has 0 bridgehead atoms. The van der Waals surface area contributed by atoms with Crippen LogP contribution in [0.5, 0.6) is 0 Å². The van der Waals surface area contributed by atoms with Crippen molar-refractivity contribution in [1.82, 2.24) is 4.90 Å². The monoisotopic (exact) mass is 474 g/mol. The molecule has 1 saturated heterocycles. The SMILES string of the molecule is O=C([O-])CN1C(=O)/C(=C/c2ccc3c(c2)C2CCCC2N3c2ccccc2)SC1=S.[K+]. The molecular weight excluding hydrogens is 455 g/mol. The van der Waals surface area contributed by atoms with Gasteiger partial charge in [-0.2, -0.15) is 0 Å². The predicted octanol–water partition coefficient (Wildman–Crippen LogP) is 0.429. The van der Waals surface area contributed by atoms with Crippen molar-refractivity contribution in [2.45, 2.75) is 31.2 Å². The van der Waals surface area contributed by atoms with Gasteiger partial charge in [0.05, 0.1) is 17.4 Å². The second-order valence-corrected chi connectivity index (χ2v) is 9.44. The molecule has 5 rings (SSSR count). The summed E-state index contributed by atoms with van der Waals surface area (Å²) in [6, 6.07) is 17.3. The number of rotatable bonds is 4. The number of fused-ring (bicyclic) bond motifs is 3. The van der Waals surface area contributed by atoms with Crippen molar-refractivity contribution in [3.05, 3.63) is 64.6 Å². The van der Waals surface area contributed by atoms with Crippen molar-refractivity contribution >= 4 is 57.6 Å². The molecule has 1 amide bonds. The van der Waals surface area contributed by atoms with E-state index in [1.54, 1.807) is 0 Å². The smallest absolute Gasteiger partial charge is 0.548 e. The number of thiocarbonyl (C=S) groups is 1. The van der Waals surface area contributed by atoms with Crippen molar-refractivity contribution in [3.63, 3.8) is 0 Å². The van der Waals surface area contributed by atoms with Crippen molar-refractivity contribution in [2.24, 2.45) is 0 Å². The van der Waals surface area contributed by atoms with Crippen LogP contribution in [0.25, 0.3) is 6.08 Å². The summed E-state index contributed by atoms with van der Waals surface area (Å²) in [6.45, 7) is -0.512. The molecule has 2 aliphatic heterocycles. The van der Waals surface area contributed by atoms with Crippen LogP contribution in [-0.2, 0) is 9.59 Å². The molecule has 31 heavy (non-hydrogen) atoms. The van der Waals surface area contributed by atoms with Gasteiger partial charge in [0.1, 0.15) is 4.32 Å². The molecule has 8 heteroatoms. The molecule has 2 heterocycles. The standard InChI is InChI=1S/C23H20N2O3S2.K/c26-21(27)13-24-22(28)20(30-23(24)29)12-14-9-10-19-17(11-14)16-7-4-8-18(16)25(19)15-5-2-1-3-6-15;/h1-3,5-6,9-12,16,18H,4,7-8,13H2,(H,26,27);/q;+1/p-1/b20-12-;. The molecule has 1 aliphatic carbocycles. The van der Waals surface area contributed by atoms with Crippen molar-refractivity contribution < 1.29 is 66.1 Å². The Labute approximate surface area is 233 Å². The normalized spacial score (nSPS) is 23.2. The van der Waals surface area contributed by atoms with Crippen LogP contribution in [-0.4, -0.2) is 33.7 Å². The summed E-state index contributed by atoms with van der Waals surface area (Å²) in [4.78, 5) is 27.4. The molecule has 0 N–H and O–H groups in total. The third-order valence-corrected chi connectivity index (χ3v) is 7.39. The Balaban J connectivity index is 0.00000231. The molecule has 152 valence electrons. The number of carbonyl (C=O) groups excluding carboxylic acids is 2. The fourth-order valence-electron chi connectivity index (χ4n) is 4.81. The number of para-hydroxylation sites is 1. The largest absolute Gasteiger partial charge is 1.00 e. The minimum atomic E-state index is -1.32. The Morgan fingerprint density at radius 2 is 1.97 bits per heavy atom. The fraction of sp³-hybridized carbons (Fsp3) is 0.261. The summed E-state index contributed by atoms with van der Waals surface area (Å²) in [5.74, 6) is -1.21. The first-order valence-corrected chi connectivity index (χ1v) is 11.2. The zero-order chi connectivity index (χ0) is 20.8. The van der Waals surface area contributed by atoms with Crippen molar-refractivity contribution in [1.29, 1.82) is 0 Å². The number of anilines is 2. The molecule has 2 unspecified atom stereocenters. The van der Waals surface area contributed by atoms with Crippen LogP contribution in [0, 0.1) is 0 Å². The molecule has 0 aromatic heterocycles. The van der Waals surface area contributed by atoms with Gasteiger partial charge in [0.15, 0.2) is 0 Å². The first kappa shape index (κ1) is 23.2. The topological polar surface area (TPSA) is 63.7 Å². The number of hydrogen-bond donors (Lipinski definition) is 0. The Morgan fingerprint density at radius 3 is 2.71 bits per heavy atom. The predicted molar refractivity (Wildman–Crippen MR) is 120 cm³/mol. The summed E-state index contributed by atoms with van der Waals surface area (Å²) in [7, 11) is 0. The van der Waals surface area contributed by atoms with E-state index in [4.69, 9.17) is 12.2 Å². The Kier molecular flexibility index (Phi) is 7.07. The second-order valence-electron chi connectivity index (χ2n) is 7.77. The molecule has 2 aromatic rings. The van der Waals surface area contributed by atoms with E-state index in [1.807, 2.05) is 18.2 Å². The summed E-state index contributed by atoms with van der Waals surface area (Å²) in [5.41, 5.74) is 4.70. The molecule has 2 atom stereocenters. The third kappa shape index (κ3) is 4.31. The van der Waals surface area contributed by atoms with Crippen LogP contribution in [0.1, 0.15) is 36.3 Å². The van der Waals surface area contributed by atoms with E-state index in [2.05, 4.69) is 41.3 Å². The molecular formula is C23H19KN2O3S2. The number of hydrogen-bond acceptors (Lipinski definition) is 6. The number of aliphatic carboxylic acids is 1. The van der Waals surface area contributed by atoms with Gasteiger partial charge in [-0.25, -0.2) is 0 Å². The number of benzene rings is 2. The maximum absolute atomic E-state index is 12.6. The van der Waals surface area contributed by atoms with Crippen molar-refractivity contribution in [2.75, 3.05) is 11.4 Å². The number of thioether (sulfide) groups is 1. The first-order valence-electron chi connectivity index (χ1n) is 9.96. The minimum Gasteiger partial charge on any atom is -0.548 e. The first-order chi connectivity index (χ1) is 14.5. The van der Waals surface area contributed by atoms with Gasteiger partial charge in [0.2, 0.25) is 0 Å².